The fraction of sp³-hybridized carbons (Fsp3) is 0.556. The van der Waals surface area contributed by atoms with E-state index in [2.05, 4.69) is 0 Å². The quantitative estimate of drug-likeness (QED) is 0.397. The Morgan fingerprint density at radius 2 is 1.84 bits per heavy atom. The molecule has 0 aliphatic heterocycles. The molecule has 0 aliphatic rings. The number of halogens is 1. The van der Waals surface area contributed by atoms with Gasteiger partial charge in [0.05, 0.1) is 13.2 Å². The summed E-state index contributed by atoms with van der Waals surface area (Å²) in [6.45, 7) is 7.73. The van der Waals surface area contributed by atoms with E-state index in [1.54, 1.807) is 27.7 Å². The first-order valence-electron chi connectivity index (χ1n) is 8.08. The summed E-state index contributed by atoms with van der Waals surface area (Å²) in [7, 11) is 0. The van der Waals surface area contributed by atoms with Gasteiger partial charge in [0.15, 0.2) is 6.07 Å². The first-order chi connectivity index (χ1) is 11.7. The van der Waals surface area contributed by atoms with Gasteiger partial charge in [0.1, 0.15) is 11.6 Å². The van der Waals surface area contributed by atoms with Crippen molar-refractivity contribution in [1.82, 2.24) is 4.90 Å². The van der Waals surface area contributed by atoms with Gasteiger partial charge in [0.2, 0.25) is 0 Å². The van der Waals surface area contributed by atoms with Crippen molar-refractivity contribution >= 4 is 23.7 Å². The van der Waals surface area contributed by atoms with Gasteiger partial charge in [-0.2, -0.15) is 0 Å². The van der Waals surface area contributed by atoms with Crippen molar-refractivity contribution < 1.29 is 23.8 Å². The SMILES string of the molecule is CC(C(=O)OC(C)(C)C)N(CCOCc1ccccc1)C(=O)OCCl. The molecule has 1 rings (SSSR count). The zero-order chi connectivity index (χ0) is 18.9. The highest BCUT2D eigenvalue weighted by molar-refractivity contribution is 6.17. The summed E-state index contributed by atoms with van der Waals surface area (Å²) < 4.78 is 15.7. The highest BCUT2D eigenvalue weighted by Crippen LogP contribution is 2.12. The van der Waals surface area contributed by atoms with Gasteiger partial charge in [-0.25, -0.2) is 9.59 Å². The molecule has 0 heterocycles. The van der Waals surface area contributed by atoms with Gasteiger partial charge in [0.25, 0.3) is 0 Å². The molecule has 0 saturated carbocycles. The number of esters is 1. The highest BCUT2D eigenvalue weighted by Gasteiger charge is 2.30. The molecule has 7 heteroatoms. The van der Waals surface area contributed by atoms with Crippen LogP contribution in [-0.4, -0.2) is 47.8 Å². The predicted octanol–water partition coefficient (Wildman–Crippen LogP) is 3.57. The Bertz CT molecular complexity index is 544. The van der Waals surface area contributed by atoms with E-state index < -0.39 is 23.7 Å². The maximum Gasteiger partial charge on any atom is 0.411 e. The van der Waals surface area contributed by atoms with Gasteiger partial charge < -0.3 is 14.2 Å². The minimum absolute atomic E-state index is 0.183. The molecule has 140 valence electrons. The van der Waals surface area contributed by atoms with E-state index in [1.807, 2.05) is 30.3 Å². The molecular weight excluding hydrogens is 346 g/mol. The number of ether oxygens (including phenoxy) is 3. The van der Waals surface area contributed by atoms with E-state index in [0.29, 0.717) is 6.61 Å². The van der Waals surface area contributed by atoms with Crippen LogP contribution in [0.4, 0.5) is 4.79 Å². The molecule has 0 radical (unpaired) electrons. The molecule has 6 nitrogen and oxygen atoms in total. The van der Waals surface area contributed by atoms with E-state index in [0.717, 1.165) is 5.56 Å². The topological polar surface area (TPSA) is 65.1 Å². The number of carbonyl (C=O) groups is 2. The van der Waals surface area contributed by atoms with Gasteiger partial charge in [0, 0.05) is 6.54 Å². The van der Waals surface area contributed by atoms with Crippen molar-refractivity contribution in [3.63, 3.8) is 0 Å². The molecule has 0 N–H and O–H groups in total. The van der Waals surface area contributed by atoms with Crippen LogP contribution < -0.4 is 0 Å². The fourth-order valence-electron chi connectivity index (χ4n) is 2.01. The van der Waals surface area contributed by atoms with E-state index in [1.165, 1.54) is 4.90 Å². The second-order valence-corrected chi connectivity index (χ2v) is 6.68. The van der Waals surface area contributed by atoms with E-state index >= 15 is 0 Å². The average Bonchev–Trinajstić information content (AvgIpc) is 2.54. The standard InChI is InChI=1S/C18H26ClNO5/c1-14(16(21)25-18(2,3)4)20(17(22)24-13-19)10-11-23-12-15-8-6-5-7-9-15/h5-9,14H,10-13H2,1-4H3. The maximum absolute atomic E-state index is 12.2. The van der Waals surface area contributed by atoms with Crippen molar-refractivity contribution in [1.29, 1.82) is 0 Å². The van der Waals surface area contributed by atoms with Crippen molar-refractivity contribution in [2.45, 2.75) is 45.9 Å². The lowest BCUT2D eigenvalue weighted by Gasteiger charge is -2.29. The molecule has 0 saturated heterocycles. The number of benzene rings is 1. The highest BCUT2D eigenvalue weighted by atomic mass is 35.5. The number of rotatable bonds is 8. The molecule has 0 spiro atoms. The third-order valence-electron chi connectivity index (χ3n) is 3.22. The van der Waals surface area contributed by atoms with Crippen molar-refractivity contribution in [2.75, 3.05) is 19.2 Å². The number of alkyl halides is 1. The Balaban J connectivity index is 2.60. The Labute approximate surface area is 154 Å². The first-order valence-corrected chi connectivity index (χ1v) is 8.62. The van der Waals surface area contributed by atoms with E-state index in [9.17, 15) is 9.59 Å². The summed E-state index contributed by atoms with van der Waals surface area (Å²) in [6.07, 6.45) is -0.684. The third-order valence-corrected chi connectivity index (χ3v) is 3.33. The van der Waals surface area contributed by atoms with Crippen LogP contribution in [-0.2, 0) is 25.6 Å². The zero-order valence-electron chi connectivity index (χ0n) is 15.2. The summed E-state index contributed by atoms with van der Waals surface area (Å²) >= 11 is 5.46. The second kappa shape index (κ2) is 10.3. The number of hydrogen-bond donors (Lipinski definition) is 0. The molecule has 25 heavy (non-hydrogen) atoms. The van der Waals surface area contributed by atoms with Crippen LogP contribution >= 0.6 is 11.6 Å². The van der Waals surface area contributed by atoms with E-state index in [-0.39, 0.29) is 19.2 Å². The van der Waals surface area contributed by atoms with Crippen LogP contribution in [0.1, 0.15) is 33.3 Å². The molecule has 0 bridgehead atoms. The molecule has 0 aliphatic carbocycles. The van der Waals surface area contributed by atoms with Crippen LogP contribution in [0.3, 0.4) is 0 Å². The first kappa shape index (κ1) is 21.3. The number of amides is 1. The van der Waals surface area contributed by atoms with Gasteiger partial charge in [-0.1, -0.05) is 41.9 Å². The molecular formula is C18H26ClNO5. The second-order valence-electron chi connectivity index (χ2n) is 6.46. The summed E-state index contributed by atoms with van der Waals surface area (Å²) in [5.41, 5.74) is 0.384. The zero-order valence-corrected chi connectivity index (χ0v) is 15.9. The summed E-state index contributed by atoms with van der Waals surface area (Å²) in [6, 6.07) is 8.57. The van der Waals surface area contributed by atoms with Gasteiger partial charge >= 0.3 is 12.1 Å². The third kappa shape index (κ3) is 8.23. The lowest BCUT2D eigenvalue weighted by Crippen LogP contribution is -2.47. The van der Waals surface area contributed by atoms with Crippen molar-refractivity contribution in [3.05, 3.63) is 35.9 Å². The monoisotopic (exact) mass is 371 g/mol. The smallest absolute Gasteiger partial charge is 0.411 e. The Morgan fingerprint density at radius 1 is 1.20 bits per heavy atom. The van der Waals surface area contributed by atoms with Crippen LogP contribution in [0.25, 0.3) is 0 Å². The summed E-state index contributed by atoms with van der Waals surface area (Å²) in [4.78, 5) is 25.5. The number of carbonyl (C=O) groups excluding carboxylic acids is 2. The Kier molecular flexibility index (Phi) is 8.72. The van der Waals surface area contributed by atoms with E-state index in [4.69, 9.17) is 25.8 Å². The molecule has 1 amide bonds. The minimum Gasteiger partial charge on any atom is -0.458 e. The molecule has 1 aromatic rings. The van der Waals surface area contributed by atoms with Crippen LogP contribution in [0.15, 0.2) is 30.3 Å². The Morgan fingerprint density at radius 3 is 2.40 bits per heavy atom. The molecule has 1 unspecified atom stereocenters. The van der Waals surface area contributed by atoms with Gasteiger partial charge in [-0.3, -0.25) is 4.90 Å². The summed E-state index contributed by atoms with van der Waals surface area (Å²) in [5.74, 6) is -0.512. The lowest BCUT2D eigenvalue weighted by molar-refractivity contribution is -0.160. The van der Waals surface area contributed by atoms with Crippen LogP contribution in [0.2, 0.25) is 0 Å². The van der Waals surface area contributed by atoms with Crippen LogP contribution in [0.5, 0.6) is 0 Å². The largest absolute Gasteiger partial charge is 0.458 e. The number of hydrogen-bond acceptors (Lipinski definition) is 5. The Hall–Kier alpha value is -1.79. The minimum atomic E-state index is -0.810. The van der Waals surface area contributed by atoms with Crippen molar-refractivity contribution in [2.24, 2.45) is 0 Å². The predicted molar refractivity (Wildman–Crippen MR) is 95.3 cm³/mol. The molecule has 1 atom stereocenters. The molecule has 0 fully saturated rings. The summed E-state index contributed by atoms with van der Waals surface area (Å²) in [5, 5.41) is 0. The van der Waals surface area contributed by atoms with Gasteiger partial charge in [-0.15, -0.1) is 0 Å². The fourth-order valence-corrected chi connectivity index (χ4v) is 2.11. The normalized spacial score (nSPS) is 12.4. The van der Waals surface area contributed by atoms with Crippen LogP contribution in [0, 0.1) is 0 Å². The molecule has 1 aromatic carbocycles. The average molecular weight is 372 g/mol. The molecule has 0 aromatic heterocycles. The maximum atomic E-state index is 12.2. The van der Waals surface area contributed by atoms with Crippen molar-refractivity contribution in [3.8, 4) is 0 Å². The number of nitrogens with zero attached hydrogens (tertiary/aromatic N) is 1. The lowest BCUT2D eigenvalue weighted by atomic mass is 10.2. The van der Waals surface area contributed by atoms with Gasteiger partial charge in [-0.05, 0) is 33.3 Å².